The molecule has 1 aromatic carbocycles. The van der Waals surface area contributed by atoms with Crippen LogP contribution in [0.3, 0.4) is 0 Å². The van der Waals surface area contributed by atoms with Gasteiger partial charge in [-0.1, -0.05) is 0 Å². The van der Waals surface area contributed by atoms with Gasteiger partial charge in [0.2, 0.25) is 5.91 Å². The van der Waals surface area contributed by atoms with Crippen LogP contribution >= 0.6 is 0 Å². The summed E-state index contributed by atoms with van der Waals surface area (Å²) in [5, 5.41) is 3.61. The molecule has 2 amide bonds. The molecule has 1 N–H and O–H groups in total. The van der Waals surface area contributed by atoms with Crippen LogP contribution in [0.25, 0.3) is 11.0 Å². The Balaban J connectivity index is 1.51. The van der Waals surface area contributed by atoms with E-state index in [1.807, 2.05) is 38.9 Å². The molecule has 174 valence electrons. The molecule has 1 saturated heterocycles. The molecule has 0 atom stereocenters. The Morgan fingerprint density at radius 3 is 2.53 bits per heavy atom. The third kappa shape index (κ3) is 6.30. The molecule has 32 heavy (non-hydrogen) atoms. The third-order valence-electron chi connectivity index (χ3n) is 5.47. The molecule has 2 heterocycles. The summed E-state index contributed by atoms with van der Waals surface area (Å²) in [5.74, 6) is 0.427. The second-order valence-corrected chi connectivity index (χ2v) is 8.48. The summed E-state index contributed by atoms with van der Waals surface area (Å²) in [7, 11) is 3.93. The van der Waals surface area contributed by atoms with E-state index >= 15 is 0 Å². The second-order valence-electron chi connectivity index (χ2n) is 8.48. The normalized spacial score (nSPS) is 14.7. The maximum absolute atomic E-state index is 12.7. The Hall–Kier alpha value is -2.91. The lowest BCUT2D eigenvalue weighted by Gasteiger charge is -2.34. The van der Waals surface area contributed by atoms with E-state index < -0.39 is 5.63 Å². The summed E-state index contributed by atoms with van der Waals surface area (Å²) in [6, 6.07) is 5.05. The number of hydrogen-bond donors (Lipinski definition) is 1. The highest BCUT2D eigenvalue weighted by atomic mass is 16.5. The Bertz CT molecular complexity index is 1020. The van der Waals surface area contributed by atoms with Crippen molar-refractivity contribution in [1.82, 2.24) is 20.0 Å². The monoisotopic (exact) mass is 444 g/mol. The van der Waals surface area contributed by atoms with Gasteiger partial charge < -0.3 is 24.3 Å². The van der Waals surface area contributed by atoms with Crippen molar-refractivity contribution in [3.63, 3.8) is 0 Å². The molecule has 0 bridgehead atoms. The van der Waals surface area contributed by atoms with Gasteiger partial charge in [0.1, 0.15) is 11.3 Å². The summed E-state index contributed by atoms with van der Waals surface area (Å²) < 4.78 is 11.2. The van der Waals surface area contributed by atoms with Crippen molar-refractivity contribution in [1.29, 1.82) is 0 Å². The van der Waals surface area contributed by atoms with E-state index in [-0.39, 0.29) is 18.4 Å². The van der Waals surface area contributed by atoms with Crippen LogP contribution < -0.4 is 15.7 Å². The first-order chi connectivity index (χ1) is 15.2. The topological polar surface area (TPSA) is 95.3 Å². The maximum atomic E-state index is 12.7. The van der Waals surface area contributed by atoms with Crippen LogP contribution in [0.1, 0.15) is 11.1 Å². The van der Waals surface area contributed by atoms with Crippen molar-refractivity contribution in [2.45, 2.75) is 13.8 Å². The number of fused-ring (bicyclic) bond motifs is 1. The molecule has 0 saturated carbocycles. The molecule has 1 aliphatic heterocycles. The maximum Gasteiger partial charge on any atom is 0.336 e. The highest BCUT2D eigenvalue weighted by Gasteiger charge is 2.23. The van der Waals surface area contributed by atoms with Gasteiger partial charge >= 0.3 is 5.63 Å². The first-order valence-electron chi connectivity index (χ1n) is 10.8. The average Bonchev–Trinajstić information content (AvgIpc) is 2.71. The van der Waals surface area contributed by atoms with E-state index in [1.165, 1.54) is 6.07 Å². The van der Waals surface area contributed by atoms with E-state index in [2.05, 4.69) is 10.2 Å². The van der Waals surface area contributed by atoms with E-state index in [9.17, 15) is 14.4 Å². The van der Waals surface area contributed by atoms with Gasteiger partial charge in [0, 0.05) is 45.3 Å². The van der Waals surface area contributed by atoms with Gasteiger partial charge in [-0.2, -0.15) is 0 Å². The number of carbonyl (C=O) groups excluding carboxylic acids is 2. The smallest absolute Gasteiger partial charge is 0.336 e. The molecule has 1 fully saturated rings. The fourth-order valence-electron chi connectivity index (χ4n) is 3.75. The fraction of sp³-hybridized carbons (Fsp3) is 0.522. The van der Waals surface area contributed by atoms with Gasteiger partial charge in [-0.25, -0.2) is 4.79 Å². The SMILES string of the molecule is Cc1cc(OCC(=O)N2CCN(CC(=O)NCCN(C)C)CC2)c2c(C)cc(=O)oc2c1. The predicted octanol–water partition coefficient (Wildman–Crippen LogP) is 0.611. The molecule has 1 aromatic heterocycles. The van der Waals surface area contributed by atoms with Gasteiger partial charge in [0.15, 0.2) is 6.61 Å². The van der Waals surface area contributed by atoms with E-state index in [0.717, 1.165) is 17.7 Å². The van der Waals surface area contributed by atoms with Crippen LogP contribution in [-0.2, 0) is 9.59 Å². The van der Waals surface area contributed by atoms with Crippen LogP contribution in [0.15, 0.2) is 27.4 Å². The standard InChI is InChI=1S/C23H32N4O5/c1-16-11-18(23-17(2)13-22(30)32-19(23)12-16)31-15-21(29)27-9-7-26(8-10-27)14-20(28)24-5-6-25(3)4/h11-13H,5-10,14-15H2,1-4H3,(H,24,28). The summed E-state index contributed by atoms with van der Waals surface area (Å²) >= 11 is 0. The van der Waals surface area contributed by atoms with E-state index in [4.69, 9.17) is 9.15 Å². The van der Waals surface area contributed by atoms with Crippen LogP contribution in [0, 0.1) is 13.8 Å². The number of amides is 2. The van der Waals surface area contributed by atoms with Crippen molar-refractivity contribution in [3.05, 3.63) is 39.7 Å². The van der Waals surface area contributed by atoms with Gasteiger partial charge in [0.05, 0.1) is 11.9 Å². The number of rotatable bonds is 8. The minimum atomic E-state index is -0.410. The third-order valence-corrected chi connectivity index (χ3v) is 5.47. The van der Waals surface area contributed by atoms with Crippen LogP contribution in [0.4, 0.5) is 0 Å². The number of benzene rings is 1. The summed E-state index contributed by atoms with van der Waals surface area (Å²) in [6.07, 6.45) is 0. The van der Waals surface area contributed by atoms with Crippen molar-refractivity contribution >= 4 is 22.8 Å². The molecular formula is C23H32N4O5. The molecule has 9 nitrogen and oxygen atoms in total. The highest BCUT2D eigenvalue weighted by molar-refractivity contribution is 5.88. The minimum Gasteiger partial charge on any atom is -0.483 e. The average molecular weight is 445 g/mol. The van der Waals surface area contributed by atoms with Gasteiger partial charge in [-0.15, -0.1) is 0 Å². The number of likely N-dealkylation sites (N-methyl/N-ethyl adjacent to an activating group) is 1. The zero-order chi connectivity index (χ0) is 23.3. The van der Waals surface area contributed by atoms with Crippen molar-refractivity contribution in [3.8, 4) is 5.75 Å². The number of aryl methyl sites for hydroxylation is 2. The molecule has 0 aliphatic carbocycles. The fourth-order valence-corrected chi connectivity index (χ4v) is 3.75. The Morgan fingerprint density at radius 1 is 1.12 bits per heavy atom. The molecular weight excluding hydrogens is 412 g/mol. The molecule has 1 aliphatic rings. The first kappa shape index (κ1) is 23.7. The van der Waals surface area contributed by atoms with Crippen LogP contribution in [-0.4, -0.2) is 93.0 Å². The van der Waals surface area contributed by atoms with Crippen LogP contribution in [0.5, 0.6) is 5.75 Å². The predicted molar refractivity (Wildman–Crippen MR) is 122 cm³/mol. The molecule has 0 unspecified atom stereocenters. The van der Waals surface area contributed by atoms with Crippen LogP contribution in [0.2, 0.25) is 0 Å². The Morgan fingerprint density at radius 2 is 1.84 bits per heavy atom. The Kier molecular flexibility index (Phi) is 7.87. The largest absolute Gasteiger partial charge is 0.483 e. The quantitative estimate of drug-likeness (QED) is 0.596. The van der Waals surface area contributed by atoms with Gasteiger partial charge in [-0.05, 0) is 51.2 Å². The number of carbonyl (C=O) groups is 2. The van der Waals surface area contributed by atoms with E-state index in [1.54, 1.807) is 11.0 Å². The highest BCUT2D eigenvalue weighted by Crippen LogP contribution is 2.29. The zero-order valence-corrected chi connectivity index (χ0v) is 19.3. The molecule has 2 aromatic rings. The molecule has 0 spiro atoms. The number of ether oxygens (including phenoxy) is 1. The number of hydrogen-bond acceptors (Lipinski definition) is 7. The Labute approximate surface area is 187 Å². The molecule has 9 heteroatoms. The lowest BCUT2D eigenvalue weighted by molar-refractivity contribution is -0.135. The van der Waals surface area contributed by atoms with Crippen molar-refractivity contribution in [2.75, 3.05) is 66.5 Å². The number of piperazine rings is 1. The molecule has 3 rings (SSSR count). The number of nitrogens with one attached hydrogen (secondary N) is 1. The molecule has 0 radical (unpaired) electrons. The van der Waals surface area contributed by atoms with Gasteiger partial charge in [0.25, 0.3) is 5.91 Å². The van der Waals surface area contributed by atoms with Crippen molar-refractivity contribution < 1.29 is 18.7 Å². The van der Waals surface area contributed by atoms with Crippen molar-refractivity contribution in [2.24, 2.45) is 0 Å². The summed E-state index contributed by atoms with van der Waals surface area (Å²) in [4.78, 5) is 42.2. The zero-order valence-electron chi connectivity index (χ0n) is 19.3. The lowest BCUT2D eigenvalue weighted by atomic mass is 10.1. The van der Waals surface area contributed by atoms with E-state index in [0.29, 0.717) is 56.0 Å². The minimum absolute atomic E-state index is 0.00306. The second kappa shape index (κ2) is 10.6. The lowest BCUT2D eigenvalue weighted by Crippen LogP contribution is -2.52. The summed E-state index contributed by atoms with van der Waals surface area (Å²) in [5.41, 5.74) is 1.67. The summed E-state index contributed by atoms with van der Waals surface area (Å²) in [6.45, 7) is 7.76. The van der Waals surface area contributed by atoms with Gasteiger partial charge in [-0.3, -0.25) is 14.5 Å². The first-order valence-corrected chi connectivity index (χ1v) is 10.8. The number of nitrogens with zero attached hydrogens (tertiary/aromatic N) is 3.